The fourth-order valence-corrected chi connectivity index (χ4v) is 0.645. The SMILES string of the molecule is COC(=O)CC(C)(O)C(=O)OC. The lowest BCUT2D eigenvalue weighted by Crippen LogP contribution is -2.38. The summed E-state index contributed by atoms with van der Waals surface area (Å²) in [7, 11) is 2.31. The van der Waals surface area contributed by atoms with Gasteiger partial charge in [-0.05, 0) is 6.92 Å². The van der Waals surface area contributed by atoms with E-state index in [0.717, 1.165) is 7.11 Å². The number of methoxy groups -OCH3 is 2. The van der Waals surface area contributed by atoms with Crippen LogP contribution in [0.3, 0.4) is 0 Å². The van der Waals surface area contributed by atoms with Crippen LogP contribution in [0.2, 0.25) is 0 Å². The number of rotatable bonds is 3. The first kappa shape index (κ1) is 10.9. The quantitative estimate of drug-likeness (QED) is 0.585. The smallest absolute Gasteiger partial charge is 0.338 e. The molecule has 1 unspecified atom stereocenters. The van der Waals surface area contributed by atoms with E-state index in [2.05, 4.69) is 9.47 Å². The summed E-state index contributed by atoms with van der Waals surface area (Å²) in [4.78, 5) is 21.5. The van der Waals surface area contributed by atoms with Crippen molar-refractivity contribution in [3.8, 4) is 0 Å². The average Bonchev–Trinajstić information content (AvgIpc) is 2.02. The van der Waals surface area contributed by atoms with Crippen molar-refractivity contribution in [3.05, 3.63) is 0 Å². The van der Waals surface area contributed by atoms with Gasteiger partial charge in [-0.2, -0.15) is 0 Å². The van der Waals surface area contributed by atoms with Gasteiger partial charge in [-0.25, -0.2) is 4.79 Å². The van der Waals surface area contributed by atoms with Crippen LogP contribution in [0.15, 0.2) is 0 Å². The molecule has 0 aliphatic carbocycles. The fraction of sp³-hybridized carbons (Fsp3) is 0.714. The number of hydrogen-bond donors (Lipinski definition) is 1. The summed E-state index contributed by atoms with van der Waals surface area (Å²) < 4.78 is 8.54. The predicted molar refractivity (Wildman–Crippen MR) is 39.3 cm³/mol. The number of carbonyl (C=O) groups excluding carboxylic acids is 2. The first-order valence-electron chi connectivity index (χ1n) is 3.31. The van der Waals surface area contributed by atoms with Crippen molar-refractivity contribution >= 4 is 11.9 Å². The molecular formula is C7H12O5. The zero-order valence-electron chi connectivity index (χ0n) is 7.29. The summed E-state index contributed by atoms with van der Waals surface area (Å²) in [6, 6.07) is 0. The molecule has 0 spiro atoms. The lowest BCUT2D eigenvalue weighted by atomic mass is 10.0. The van der Waals surface area contributed by atoms with Gasteiger partial charge in [-0.1, -0.05) is 0 Å². The minimum Gasteiger partial charge on any atom is -0.469 e. The summed E-state index contributed by atoms with van der Waals surface area (Å²) in [5.41, 5.74) is -1.80. The highest BCUT2D eigenvalue weighted by molar-refractivity contribution is 5.85. The third kappa shape index (κ3) is 2.87. The third-order valence-corrected chi connectivity index (χ3v) is 1.34. The van der Waals surface area contributed by atoms with Crippen LogP contribution in [0, 0.1) is 0 Å². The van der Waals surface area contributed by atoms with E-state index in [-0.39, 0.29) is 0 Å². The molecule has 0 amide bonds. The van der Waals surface area contributed by atoms with Crippen molar-refractivity contribution in [2.75, 3.05) is 14.2 Å². The summed E-state index contributed by atoms with van der Waals surface area (Å²) >= 11 is 0. The van der Waals surface area contributed by atoms with Crippen molar-refractivity contribution in [2.24, 2.45) is 0 Å². The van der Waals surface area contributed by atoms with Crippen molar-refractivity contribution in [2.45, 2.75) is 18.9 Å². The largest absolute Gasteiger partial charge is 0.469 e. The Balaban J connectivity index is 4.21. The average molecular weight is 176 g/mol. The van der Waals surface area contributed by atoms with E-state index < -0.39 is 24.0 Å². The highest BCUT2D eigenvalue weighted by atomic mass is 16.5. The standard InChI is InChI=1S/C7H12O5/c1-7(10,6(9)12-3)4-5(8)11-2/h10H,4H2,1-3H3. The van der Waals surface area contributed by atoms with Gasteiger partial charge in [-0.3, -0.25) is 4.79 Å². The maximum Gasteiger partial charge on any atom is 0.338 e. The van der Waals surface area contributed by atoms with Gasteiger partial charge < -0.3 is 14.6 Å². The number of aliphatic hydroxyl groups is 1. The van der Waals surface area contributed by atoms with Crippen LogP contribution < -0.4 is 0 Å². The number of carbonyl (C=O) groups is 2. The third-order valence-electron chi connectivity index (χ3n) is 1.34. The van der Waals surface area contributed by atoms with E-state index in [4.69, 9.17) is 0 Å². The highest BCUT2D eigenvalue weighted by Gasteiger charge is 2.34. The Bertz CT molecular complexity index is 184. The summed E-state index contributed by atoms with van der Waals surface area (Å²) in [5, 5.41) is 9.31. The van der Waals surface area contributed by atoms with E-state index in [9.17, 15) is 14.7 Å². The summed E-state index contributed by atoms with van der Waals surface area (Å²) in [6.07, 6.45) is -0.407. The Morgan fingerprint density at radius 1 is 1.33 bits per heavy atom. The van der Waals surface area contributed by atoms with Crippen LogP contribution in [0.4, 0.5) is 0 Å². The lowest BCUT2D eigenvalue weighted by molar-refractivity contribution is -0.167. The molecule has 0 aromatic carbocycles. The predicted octanol–water partition coefficient (Wildman–Crippen LogP) is -0.527. The first-order chi connectivity index (χ1) is 5.44. The molecule has 5 heteroatoms. The Labute approximate surface area is 70.3 Å². The van der Waals surface area contributed by atoms with E-state index in [1.165, 1.54) is 14.0 Å². The van der Waals surface area contributed by atoms with Crippen molar-refractivity contribution in [3.63, 3.8) is 0 Å². The van der Waals surface area contributed by atoms with E-state index >= 15 is 0 Å². The zero-order valence-corrected chi connectivity index (χ0v) is 7.29. The van der Waals surface area contributed by atoms with Gasteiger partial charge in [0.05, 0.1) is 20.6 Å². The van der Waals surface area contributed by atoms with Crippen LogP contribution in [-0.2, 0) is 19.1 Å². The molecule has 0 fully saturated rings. The molecule has 0 saturated heterocycles. The maximum atomic E-state index is 10.8. The zero-order chi connectivity index (χ0) is 9.78. The Morgan fingerprint density at radius 2 is 1.83 bits per heavy atom. The van der Waals surface area contributed by atoms with E-state index in [1.54, 1.807) is 0 Å². The van der Waals surface area contributed by atoms with Crippen LogP contribution in [0.1, 0.15) is 13.3 Å². The minimum atomic E-state index is -1.80. The summed E-state index contributed by atoms with van der Waals surface area (Å²) in [5.74, 6) is -1.52. The normalized spacial score (nSPS) is 14.7. The second-order valence-corrected chi connectivity index (χ2v) is 2.52. The van der Waals surface area contributed by atoms with Crippen LogP contribution in [-0.4, -0.2) is 36.9 Å². The number of ether oxygens (including phenoxy) is 2. The molecule has 1 N–H and O–H groups in total. The molecule has 12 heavy (non-hydrogen) atoms. The van der Waals surface area contributed by atoms with Crippen molar-refractivity contribution in [1.82, 2.24) is 0 Å². The van der Waals surface area contributed by atoms with Gasteiger partial charge in [0.2, 0.25) is 0 Å². The van der Waals surface area contributed by atoms with Crippen LogP contribution in [0.25, 0.3) is 0 Å². The molecule has 0 aromatic heterocycles. The second-order valence-electron chi connectivity index (χ2n) is 2.52. The first-order valence-corrected chi connectivity index (χ1v) is 3.31. The highest BCUT2D eigenvalue weighted by Crippen LogP contribution is 2.11. The topological polar surface area (TPSA) is 72.8 Å². The molecule has 0 heterocycles. The van der Waals surface area contributed by atoms with Gasteiger partial charge in [0.15, 0.2) is 5.60 Å². The molecule has 70 valence electrons. The minimum absolute atomic E-state index is 0.407. The molecular weight excluding hydrogens is 164 g/mol. The van der Waals surface area contributed by atoms with Crippen molar-refractivity contribution < 1.29 is 24.2 Å². The monoisotopic (exact) mass is 176 g/mol. The molecule has 1 atom stereocenters. The molecule has 0 aliphatic rings. The fourth-order valence-electron chi connectivity index (χ4n) is 0.645. The van der Waals surface area contributed by atoms with Gasteiger partial charge in [0.1, 0.15) is 0 Å². The van der Waals surface area contributed by atoms with Gasteiger partial charge in [-0.15, -0.1) is 0 Å². The van der Waals surface area contributed by atoms with Gasteiger partial charge in [0, 0.05) is 0 Å². The molecule has 0 aliphatic heterocycles. The van der Waals surface area contributed by atoms with Gasteiger partial charge in [0.25, 0.3) is 0 Å². The second kappa shape index (κ2) is 4.06. The summed E-state index contributed by atoms with van der Waals surface area (Å²) in [6.45, 7) is 1.19. The van der Waals surface area contributed by atoms with E-state index in [0.29, 0.717) is 0 Å². The maximum absolute atomic E-state index is 10.8. The molecule has 0 rings (SSSR count). The van der Waals surface area contributed by atoms with E-state index in [1.807, 2.05) is 0 Å². The van der Waals surface area contributed by atoms with Gasteiger partial charge >= 0.3 is 11.9 Å². The van der Waals surface area contributed by atoms with Crippen molar-refractivity contribution in [1.29, 1.82) is 0 Å². The Kier molecular flexibility index (Phi) is 3.69. The molecule has 0 radical (unpaired) electrons. The number of hydrogen-bond acceptors (Lipinski definition) is 5. The molecule has 0 bridgehead atoms. The number of esters is 2. The lowest BCUT2D eigenvalue weighted by Gasteiger charge is -2.17. The van der Waals surface area contributed by atoms with Crippen LogP contribution >= 0.6 is 0 Å². The van der Waals surface area contributed by atoms with Crippen LogP contribution in [0.5, 0.6) is 0 Å². The molecule has 0 aromatic rings. The molecule has 0 saturated carbocycles. The Hall–Kier alpha value is -1.10. The Morgan fingerprint density at radius 3 is 2.17 bits per heavy atom. The molecule has 5 nitrogen and oxygen atoms in total.